The number of benzene rings is 1. The van der Waals surface area contributed by atoms with Crippen molar-refractivity contribution in [3.05, 3.63) is 34.9 Å². The molecule has 0 amide bonds. The zero-order valence-corrected chi connectivity index (χ0v) is 9.42. The van der Waals surface area contributed by atoms with Crippen LogP contribution in [0.3, 0.4) is 0 Å². The average Bonchev–Trinajstić information content (AvgIpc) is 2.64. The molecule has 3 nitrogen and oxygen atoms in total. The first-order valence-corrected chi connectivity index (χ1v) is 5.20. The van der Waals surface area contributed by atoms with Crippen molar-refractivity contribution in [1.29, 1.82) is 0 Å². The molecule has 84 valence electrons. The van der Waals surface area contributed by atoms with Crippen molar-refractivity contribution in [2.75, 3.05) is 5.73 Å². The van der Waals surface area contributed by atoms with E-state index in [9.17, 15) is 4.39 Å². The number of hydrogen-bond acceptors (Lipinski definition) is 2. The highest BCUT2D eigenvalue weighted by Crippen LogP contribution is 2.30. The molecule has 1 atom stereocenters. The number of aromatic nitrogens is 2. The van der Waals surface area contributed by atoms with Gasteiger partial charge in [0.2, 0.25) is 0 Å². The van der Waals surface area contributed by atoms with Crippen molar-refractivity contribution in [2.45, 2.75) is 13.1 Å². The summed E-state index contributed by atoms with van der Waals surface area (Å²) in [5.41, 5.74) is 7.54. The molecular formula is C11H11ClFN3. The number of nitrogens with zero attached hydrogens (tertiary/aromatic N) is 1. The molecule has 0 aliphatic carbocycles. The van der Waals surface area contributed by atoms with E-state index < -0.39 is 6.17 Å². The molecular weight excluding hydrogens is 229 g/mol. The summed E-state index contributed by atoms with van der Waals surface area (Å²) in [7, 11) is 0. The molecule has 0 saturated carbocycles. The summed E-state index contributed by atoms with van der Waals surface area (Å²) in [6, 6.07) is 6.74. The quantitative estimate of drug-likeness (QED) is 0.845. The second kappa shape index (κ2) is 4.14. The van der Waals surface area contributed by atoms with Gasteiger partial charge in [0.05, 0.1) is 10.7 Å². The number of H-pyrrole nitrogens is 1. The molecule has 0 spiro atoms. The lowest BCUT2D eigenvalue weighted by Gasteiger charge is -2.06. The minimum absolute atomic E-state index is 0.397. The lowest BCUT2D eigenvalue weighted by molar-refractivity contribution is 0.374. The third-order valence-corrected chi connectivity index (χ3v) is 2.65. The van der Waals surface area contributed by atoms with Crippen LogP contribution >= 0.6 is 11.6 Å². The molecule has 0 radical (unpaired) electrons. The average molecular weight is 240 g/mol. The molecule has 5 heteroatoms. The van der Waals surface area contributed by atoms with Crippen LogP contribution in [0, 0.1) is 0 Å². The Labute approximate surface area is 97.4 Å². The predicted octanol–water partition coefficient (Wildman–Crippen LogP) is 3.34. The highest BCUT2D eigenvalue weighted by molar-refractivity contribution is 6.33. The zero-order chi connectivity index (χ0) is 11.7. The Kier molecular flexibility index (Phi) is 2.83. The van der Waals surface area contributed by atoms with Crippen LogP contribution in [0.2, 0.25) is 5.02 Å². The van der Waals surface area contributed by atoms with Gasteiger partial charge < -0.3 is 5.73 Å². The molecule has 2 aromatic rings. The Morgan fingerprint density at radius 3 is 2.69 bits per heavy atom. The maximum absolute atomic E-state index is 13.1. The maximum Gasteiger partial charge on any atom is 0.145 e. The topological polar surface area (TPSA) is 54.7 Å². The van der Waals surface area contributed by atoms with Crippen LogP contribution in [0.5, 0.6) is 0 Å². The van der Waals surface area contributed by atoms with Crippen molar-refractivity contribution >= 4 is 17.4 Å². The van der Waals surface area contributed by atoms with Crippen molar-refractivity contribution in [1.82, 2.24) is 10.2 Å². The smallest absolute Gasteiger partial charge is 0.145 e. The molecule has 0 bridgehead atoms. The van der Waals surface area contributed by atoms with Gasteiger partial charge in [-0.15, -0.1) is 0 Å². The number of nitrogen functional groups attached to an aromatic ring is 1. The minimum Gasteiger partial charge on any atom is -0.382 e. The molecule has 1 aromatic heterocycles. The standard InChI is InChI=1S/C11H11ClFN3/c1-6(13)7-2-3-8(9(12)4-7)10-5-11(14)16-15-10/h2-6H,1H3,(H3,14,15,16). The van der Waals surface area contributed by atoms with Gasteiger partial charge in [-0.3, -0.25) is 5.10 Å². The van der Waals surface area contributed by atoms with E-state index in [0.717, 1.165) is 11.3 Å². The van der Waals surface area contributed by atoms with E-state index in [4.69, 9.17) is 17.3 Å². The van der Waals surface area contributed by atoms with Crippen LogP contribution in [-0.2, 0) is 0 Å². The molecule has 3 N–H and O–H groups in total. The summed E-state index contributed by atoms with van der Waals surface area (Å²) in [5.74, 6) is 0.397. The number of hydrogen-bond donors (Lipinski definition) is 2. The van der Waals surface area contributed by atoms with Gasteiger partial charge in [0.25, 0.3) is 0 Å². The van der Waals surface area contributed by atoms with Gasteiger partial charge in [0, 0.05) is 11.6 Å². The summed E-state index contributed by atoms with van der Waals surface area (Å²) >= 11 is 6.06. The summed E-state index contributed by atoms with van der Waals surface area (Å²) in [6.45, 7) is 1.47. The van der Waals surface area contributed by atoms with Gasteiger partial charge >= 0.3 is 0 Å². The third kappa shape index (κ3) is 2.02. The van der Waals surface area contributed by atoms with Crippen LogP contribution in [0.4, 0.5) is 10.2 Å². The van der Waals surface area contributed by atoms with Crippen LogP contribution in [-0.4, -0.2) is 10.2 Å². The third-order valence-electron chi connectivity index (χ3n) is 2.34. The van der Waals surface area contributed by atoms with Gasteiger partial charge in [-0.2, -0.15) is 5.10 Å². The molecule has 0 saturated heterocycles. The second-order valence-electron chi connectivity index (χ2n) is 3.56. The Morgan fingerprint density at radius 2 is 2.19 bits per heavy atom. The van der Waals surface area contributed by atoms with Crippen molar-refractivity contribution < 1.29 is 4.39 Å². The van der Waals surface area contributed by atoms with Gasteiger partial charge in [-0.05, 0) is 18.6 Å². The van der Waals surface area contributed by atoms with Crippen LogP contribution in [0.15, 0.2) is 24.3 Å². The molecule has 16 heavy (non-hydrogen) atoms. The van der Waals surface area contributed by atoms with Crippen LogP contribution < -0.4 is 5.73 Å². The van der Waals surface area contributed by atoms with Gasteiger partial charge in [-0.1, -0.05) is 23.7 Å². The number of anilines is 1. The van der Waals surface area contributed by atoms with E-state index in [1.54, 1.807) is 24.3 Å². The first-order valence-electron chi connectivity index (χ1n) is 4.82. The van der Waals surface area contributed by atoms with E-state index in [-0.39, 0.29) is 0 Å². The fourth-order valence-electron chi connectivity index (χ4n) is 1.47. The summed E-state index contributed by atoms with van der Waals surface area (Å²) in [5, 5.41) is 7.05. The largest absolute Gasteiger partial charge is 0.382 e. The highest BCUT2D eigenvalue weighted by Gasteiger charge is 2.09. The van der Waals surface area contributed by atoms with E-state index in [1.165, 1.54) is 6.92 Å². The van der Waals surface area contributed by atoms with Crippen LogP contribution in [0.25, 0.3) is 11.3 Å². The monoisotopic (exact) mass is 239 g/mol. The number of halogens is 2. The number of nitrogens with two attached hydrogens (primary N) is 1. The fraction of sp³-hybridized carbons (Fsp3) is 0.182. The number of rotatable bonds is 2. The van der Waals surface area contributed by atoms with Crippen molar-refractivity contribution in [3.8, 4) is 11.3 Å². The van der Waals surface area contributed by atoms with E-state index in [0.29, 0.717) is 16.4 Å². The first-order chi connectivity index (χ1) is 7.58. The number of aromatic amines is 1. The van der Waals surface area contributed by atoms with Crippen molar-refractivity contribution in [3.63, 3.8) is 0 Å². The summed E-state index contributed by atoms with van der Waals surface area (Å²) in [6.07, 6.45) is -1.03. The molecule has 1 unspecified atom stereocenters. The first kappa shape index (κ1) is 11.0. The molecule has 1 heterocycles. The molecule has 0 aliphatic heterocycles. The Hall–Kier alpha value is -1.55. The highest BCUT2D eigenvalue weighted by atomic mass is 35.5. The predicted molar refractivity (Wildman–Crippen MR) is 63.0 cm³/mol. The molecule has 0 aliphatic rings. The lowest BCUT2D eigenvalue weighted by Crippen LogP contribution is -1.87. The Morgan fingerprint density at radius 1 is 1.44 bits per heavy atom. The normalized spacial score (nSPS) is 12.7. The Bertz CT molecular complexity index is 508. The van der Waals surface area contributed by atoms with E-state index in [1.807, 2.05) is 0 Å². The molecule has 1 aromatic carbocycles. The van der Waals surface area contributed by atoms with E-state index in [2.05, 4.69) is 10.2 Å². The molecule has 2 rings (SSSR count). The number of nitrogens with one attached hydrogen (secondary N) is 1. The lowest BCUT2D eigenvalue weighted by atomic mass is 10.1. The van der Waals surface area contributed by atoms with Gasteiger partial charge in [0.1, 0.15) is 12.0 Å². The molecule has 0 fully saturated rings. The zero-order valence-electron chi connectivity index (χ0n) is 8.67. The maximum atomic E-state index is 13.1. The summed E-state index contributed by atoms with van der Waals surface area (Å²) < 4.78 is 13.1. The van der Waals surface area contributed by atoms with E-state index >= 15 is 0 Å². The van der Waals surface area contributed by atoms with Crippen LogP contribution in [0.1, 0.15) is 18.7 Å². The fourth-order valence-corrected chi connectivity index (χ4v) is 1.76. The van der Waals surface area contributed by atoms with Crippen molar-refractivity contribution in [2.24, 2.45) is 0 Å². The second-order valence-corrected chi connectivity index (χ2v) is 3.97. The number of alkyl halides is 1. The summed E-state index contributed by atoms with van der Waals surface area (Å²) in [4.78, 5) is 0. The SMILES string of the molecule is CC(F)c1ccc(-c2cc(N)n[nH]2)c(Cl)c1. The minimum atomic E-state index is -1.03. The van der Waals surface area contributed by atoms with Gasteiger partial charge in [-0.25, -0.2) is 4.39 Å². The Balaban J connectivity index is 2.44. The van der Waals surface area contributed by atoms with Gasteiger partial charge in [0.15, 0.2) is 0 Å².